The smallest absolute Gasteiger partial charge is 0.253 e. The lowest BCUT2D eigenvalue weighted by molar-refractivity contribution is 0.0697. The van der Waals surface area contributed by atoms with E-state index in [1.807, 2.05) is 0 Å². The van der Waals surface area contributed by atoms with Crippen LogP contribution in [0.4, 0.5) is 4.39 Å². The molecule has 0 bridgehead atoms. The highest BCUT2D eigenvalue weighted by Gasteiger charge is 2.30. The number of amides is 1. The van der Waals surface area contributed by atoms with Crippen molar-refractivity contribution in [1.29, 1.82) is 0 Å². The maximum absolute atomic E-state index is 14.2. The molecule has 5 nitrogen and oxygen atoms in total. The molecular formula is C18H25FN2O3S. The molecule has 0 atom stereocenters. The normalized spacial score (nSPS) is 20.6. The molecule has 0 N–H and O–H groups in total. The van der Waals surface area contributed by atoms with E-state index in [-0.39, 0.29) is 16.4 Å². The lowest BCUT2D eigenvalue weighted by Crippen LogP contribution is -2.38. The molecule has 1 aromatic rings. The van der Waals surface area contributed by atoms with E-state index in [2.05, 4.69) is 6.92 Å². The SMILES string of the molecule is CC1CCN(C(=O)c2ccc(F)c(S(=O)(=O)N3CCCCC3)c2)CC1. The molecule has 0 aromatic heterocycles. The summed E-state index contributed by atoms with van der Waals surface area (Å²) in [6, 6.07) is 3.68. The highest BCUT2D eigenvalue weighted by molar-refractivity contribution is 7.89. The van der Waals surface area contributed by atoms with Crippen LogP contribution in [0.2, 0.25) is 0 Å². The summed E-state index contributed by atoms with van der Waals surface area (Å²) in [6.07, 6.45) is 4.43. The summed E-state index contributed by atoms with van der Waals surface area (Å²) < 4.78 is 41.1. The van der Waals surface area contributed by atoms with Gasteiger partial charge in [-0.3, -0.25) is 4.79 Å². The highest BCUT2D eigenvalue weighted by Crippen LogP contribution is 2.25. The molecule has 0 saturated carbocycles. The van der Waals surface area contributed by atoms with E-state index in [1.54, 1.807) is 4.90 Å². The molecular weight excluding hydrogens is 343 g/mol. The number of piperidine rings is 2. The van der Waals surface area contributed by atoms with Gasteiger partial charge in [0.15, 0.2) is 0 Å². The van der Waals surface area contributed by atoms with E-state index in [1.165, 1.54) is 16.4 Å². The predicted molar refractivity (Wildman–Crippen MR) is 93.3 cm³/mol. The summed E-state index contributed by atoms with van der Waals surface area (Å²) >= 11 is 0. The molecule has 2 saturated heterocycles. The molecule has 2 fully saturated rings. The Kier molecular flexibility index (Phi) is 5.43. The van der Waals surface area contributed by atoms with Crippen molar-refractivity contribution in [2.45, 2.75) is 43.9 Å². The van der Waals surface area contributed by atoms with Gasteiger partial charge in [-0.05, 0) is 49.8 Å². The number of benzene rings is 1. The first kappa shape index (κ1) is 18.3. The lowest BCUT2D eigenvalue weighted by atomic mass is 9.98. The summed E-state index contributed by atoms with van der Waals surface area (Å²) in [5.74, 6) is -0.427. The first-order valence-electron chi connectivity index (χ1n) is 8.98. The van der Waals surface area contributed by atoms with Gasteiger partial charge in [0.2, 0.25) is 10.0 Å². The van der Waals surface area contributed by atoms with Crippen molar-refractivity contribution in [3.05, 3.63) is 29.6 Å². The van der Waals surface area contributed by atoms with Gasteiger partial charge in [-0.15, -0.1) is 0 Å². The molecule has 25 heavy (non-hydrogen) atoms. The van der Waals surface area contributed by atoms with E-state index in [0.29, 0.717) is 32.1 Å². The fourth-order valence-corrected chi connectivity index (χ4v) is 5.08. The Hall–Kier alpha value is -1.47. The Morgan fingerprint density at radius 1 is 1.08 bits per heavy atom. The fraction of sp³-hybridized carbons (Fsp3) is 0.611. The number of carbonyl (C=O) groups is 1. The molecule has 1 aromatic carbocycles. The Bertz CT molecular complexity index is 737. The van der Waals surface area contributed by atoms with Crippen LogP contribution in [0.3, 0.4) is 0 Å². The monoisotopic (exact) mass is 368 g/mol. The summed E-state index contributed by atoms with van der Waals surface area (Å²) in [6.45, 7) is 4.29. The van der Waals surface area contributed by atoms with E-state index in [0.717, 1.165) is 38.2 Å². The highest BCUT2D eigenvalue weighted by atomic mass is 32.2. The van der Waals surface area contributed by atoms with Gasteiger partial charge in [-0.2, -0.15) is 4.31 Å². The largest absolute Gasteiger partial charge is 0.339 e. The van der Waals surface area contributed by atoms with Gasteiger partial charge in [-0.1, -0.05) is 13.3 Å². The van der Waals surface area contributed by atoms with Gasteiger partial charge in [-0.25, -0.2) is 12.8 Å². The minimum atomic E-state index is -3.90. The van der Waals surface area contributed by atoms with Crippen LogP contribution in [0, 0.1) is 11.7 Å². The second-order valence-electron chi connectivity index (χ2n) is 7.08. The summed E-state index contributed by atoms with van der Waals surface area (Å²) in [5, 5.41) is 0. The van der Waals surface area contributed by atoms with Gasteiger partial charge < -0.3 is 4.90 Å². The van der Waals surface area contributed by atoms with Crippen molar-refractivity contribution >= 4 is 15.9 Å². The van der Waals surface area contributed by atoms with Crippen molar-refractivity contribution in [2.75, 3.05) is 26.2 Å². The number of likely N-dealkylation sites (tertiary alicyclic amines) is 1. The second-order valence-corrected chi connectivity index (χ2v) is 8.99. The number of hydrogen-bond donors (Lipinski definition) is 0. The van der Waals surface area contributed by atoms with Crippen LogP contribution in [0.25, 0.3) is 0 Å². The van der Waals surface area contributed by atoms with E-state index < -0.39 is 15.8 Å². The van der Waals surface area contributed by atoms with Gasteiger partial charge in [0.05, 0.1) is 0 Å². The van der Waals surface area contributed by atoms with Crippen LogP contribution >= 0.6 is 0 Å². The molecule has 138 valence electrons. The Labute approximate surface area is 148 Å². The number of rotatable bonds is 3. The molecule has 0 aliphatic carbocycles. The van der Waals surface area contributed by atoms with E-state index >= 15 is 0 Å². The van der Waals surface area contributed by atoms with Crippen LogP contribution in [0.15, 0.2) is 23.1 Å². The van der Waals surface area contributed by atoms with Crippen LogP contribution in [0.5, 0.6) is 0 Å². The Balaban J connectivity index is 1.86. The van der Waals surface area contributed by atoms with Crippen molar-refractivity contribution in [3.8, 4) is 0 Å². The van der Waals surface area contributed by atoms with Gasteiger partial charge in [0, 0.05) is 31.7 Å². The predicted octanol–water partition coefficient (Wildman–Crippen LogP) is 2.87. The molecule has 7 heteroatoms. The van der Waals surface area contributed by atoms with Gasteiger partial charge >= 0.3 is 0 Å². The first-order valence-corrected chi connectivity index (χ1v) is 10.4. The quantitative estimate of drug-likeness (QED) is 0.824. The standard InChI is InChI=1S/C18H25FN2O3S/c1-14-7-11-20(12-8-14)18(22)15-5-6-16(19)17(13-15)25(23,24)21-9-3-2-4-10-21/h5-6,13-14H,2-4,7-12H2,1H3. The molecule has 1 amide bonds. The van der Waals surface area contributed by atoms with Crippen LogP contribution < -0.4 is 0 Å². The molecule has 0 unspecified atom stereocenters. The molecule has 2 aliphatic heterocycles. The molecule has 3 rings (SSSR count). The summed E-state index contributed by atoms with van der Waals surface area (Å²) in [4.78, 5) is 14.0. The minimum Gasteiger partial charge on any atom is -0.339 e. The van der Waals surface area contributed by atoms with Crippen LogP contribution in [-0.4, -0.2) is 49.7 Å². The summed E-state index contributed by atoms with van der Waals surface area (Å²) in [5.41, 5.74) is 0.242. The lowest BCUT2D eigenvalue weighted by Gasteiger charge is -2.30. The first-order chi connectivity index (χ1) is 11.9. The zero-order chi connectivity index (χ0) is 18.0. The average Bonchev–Trinajstić information content (AvgIpc) is 2.63. The minimum absolute atomic E-state index is 0.220. The number of carbonyl (C=O) groups excluding carboxylic acids is 1. The molecule has 0 radical (unpaired) electrons. The number of sulfonamides is 1. The zero-order valence-corrected chi connectivity index (χ0v) is 15.4. The second kappa shape index (κ2) is 7.41. The average molecular weight is 368 g/mol. The fourth-order valence-electron chi connectivity index (χ4n) is 3.47. The van der Waals surface area contributed by atoms with Crippen molar-refractivity contribution in [3.63, 3.8) is 0 Å². The molecule has 0 spiro atoms. The third-order valence-corrected chi connectivity index (χ3v) is 7.10. The topological polar surface area (TPSA) is 57.7 Å². The zero-order valence-electron chi connectivity index (χ0n) is 14.6. The summed E-state index contributed by atoms with van der Waals surface area (Å²) in [7, 11) is -3.90. The molecule has 2 heterocycles. The van der Waals surface area contributed by atoms with E-state index in [9.17, 15) is 17.6 Å². The maximum Gasteiger partial charge on any atom is 0.253 e. The number of hydrogen-bond acceptors (Lipinski definition) is 3. The van der Waals surface area contributed by atoms with Crippen molar-refractivity contribution in [1.82, 2.24) is 9.21 Å². The number of nitrogens with zero attached hydrogens (tertiary/aromatic N) is 2. The third kappa shape index (κ3) is 3.87. The van der Waals surface area contributed by atoms with Crippen LogP contribution in [0.1, 0.15) is 49.4 Å². The maximum atomic E-state index is 14.2. The van der Waals surface area contributed by atoms with Gasteiger partial charge in [0.1, 0.15) is 10.7 Å². The Morgan fingerprint density at radius 3 is 2.36 bits per heavy atom. The Morgan fingerprint density at radius 2 is 1.72 bits per heavy atom. The van der Waals surface area contributed by atoms with E-state index in [4.69, 9.17) is 0 Å². The van der Waals surface area contributed by atoms with Crippen molar-refractivity contribution in [2.24, 2.45) is 5.92 Å². The van der Waals surface area contributed by atoms with Gasteiger partial charge in [0.25, 0.3) is 5.91 Å². The molecule has 2 aliphatic rings. The third-order valence-electron chi connectivity index (χ3n) is 5.18. The van der Waals surface area contributed by atoms with Crippen LogP contribution in [-0.2, 0) is 10.0 Å². The number of halogens is 1. The van der Waals surface area contributed by atoms with Crippen molar-refractivity contribution < 1.29 is 17.6 Å².